The van der Waals surface area contributed by atoms with Crippen LogP contribution >= 0.6 is 48.0 Å². The summed E-state index contributed by atoms with van der Waals surface area (Å²) in [5.41, 5.74) is 2.60. The van der Waals surface area contributed by atoms with Gasteiger partial charge in [-0.1, -0.05) is 41.4 Å². The number of hydrogen-bond acceptors (Lipinski definition) is 2. The first kappa shape index (κ1) is 22.4. The number of anilines is 1. The van der Waals surface area contributed by atoms with Crippen LogP contribution < -0.4 is 4.90 Å². The van der Waals surface area contributed by atoms with E-state index in [9.17, 15) is 0 Å². The summed E-state index contributed by atoms with van der Waals surface area (Å²) in [7, 11) is 0. The van der Waals surface area contributed by atoms with Crippen molar-refractivity contribution in [3.8, 4) is 0 Å². The number of benzene rings is 2. The molecule has 1 heterocycles. The van der Waals surface area contributed by atoms with Crippen molar-refractivity contribution >= 4 is 53.7 Å². The minimum atomic E-state index is 0. The second-order valence-corrected chi connectivity index (χ2v) is 6.91. The second-order valence-electron chi connectivity index (χ2n) is 6.04. The number of hydrogen-bond donors (Lipinski definition) is 0. The van der Waals surface area contributed by atoms with Crippen LogP contribution in [0.5, 0.6) is 0 Å². The molecule has 6 heteroatoms. The van der Waals surface area contributed by atoms with E-state index >= 15 is 0 Å². The minimum Gasteiger partial charge on any atom is -0.369 e. The van der Waals surface area contributed by atoms with Gasteiger partial charge in [-0.25, -0.2) is 0 Å². The molecule has 0 amide bonds. The quantitative estimate of drug-likeness (QED) is 0.620. The fraction of sp³-hybridized carbons (Fsp3) is 0.368. The molecule has 2 nitrogen and oxygen atoms in total. The molecule has 0 aromatic heterocycles. The predicted molar refractivity (Wildman–Crippen MR) is 114 cm³/mol. The molecule has 0 saturated carbocycles. The Morgan fingerprint density at radius 2 is 1.48 bits per heavy atom. The Bertz CT molecular complexity index is 626. The molecule has 138 valence electrons. The molecule has 0 aliphatic carbocycles. The first-order valence-electron chi connectivity index (χ1n) is 8.18. The molecule has 1 aliphatic rings. The first-order valence-corrected chi connectivity index (χ1v) is 8.93. The number of aryl methyl sites for hydroxylation is 1. The molecule has 2 aromatic carbocycles. The maximum atomic E-state index is 6.08. The van der Waals surface area contributed by atoms with Crippen LogP contribution in [-0.4, -0.2) is 37.6 Å². The van der Waals surface area contributed by atoms with Crippen molar-refractivity contribution in [2.24, 2.45) is 0 Å². The zero-order valence-corrected chi connectivity index (χ0v) is 17.2. The van der Waals surface area contributed by atoms with Gasteiger partial charge in [-0.05, 0) is 55.3 Å². The van der Waals surface area contributed by atoms with E-state index in [0.29, 0.717) is 0 Å². The van der Waals surface area contributed by atoms with E-state index in [-0.39, 0.29) is 24.8 Å². The van der Waals surface area contributed by atoms with Crippen molar-refractivity contribution in [1.82, 2.24) is 4.90 Å². The molecule has 2 aromatic rings. The van der Waals surface area contributed by atoms with E-state index in [1.165, 1.54) is 17.7 Å². The zero-order chi connectivity index (χ0) is 16.1. The summed E-state index contributed by atoms with van der Waals surface area (Å²) in [4.78, 5) is 4.97. The Morgan fingerprint density at radius 1 is 0.800 bits per heavy atom. The summed E-state index contributed by atoms with van der Waals surface area (Å²) in [6.07, 6.45) is 2.31. The van der Waals surface area contributed by atoms with Crippen molar-refractivity contribution < 1.29 is 0 Å². The number of rotatable bonds is 5. The largest absolute Gasteiger partial charge is 0.369 e. The molecule has 0 atom stereocenters. The van der Waals surface area contributed by atoms with Crippen LogP contribution in [0.25, 0.3) is 0 Å². The van der Waals surface area contributed by atoms with Gasteiger partial charge < -0.3 is 4.90 Å². The highest BCUT2D eigenvalue weighted by molar-refractivity contribution is 6.31. The monoisotopic (exact) mass is 420 g/mol. The van der Waals surface area contributed by atoms with Gasteiger partial charge in [0.15, 0.2) is 0 Å². The molecule has 0 N–H and O–H groups in total. The van der Waals surface area contributed by atoms with Crippen LogP contribution in [0.4, 0.5) is 5.69 Å². The van der Waals surface area contributed by atoms with E-state index in [0.717, 1.165) is 49.2 Å². The molecular formula is C19H24Cl4N2. The number of piperazine rings is 1. The summed E-state index contributed by atoms with van der Waals surface area (Å²) >= 11 is 12.0. The Hall–Kier alpha value is -0.640. The SMILES string of the molecule is Cl.Cl.Clc1ccc(CCCN2CCN(c3cccc(Cl)c3)CC2)cc1. The lowest BCUT2D eigenvalue weighted by atomic mass is 10.1. The van der Waals surface area contributed by atoms with Gasteiger partial charge in [0.1, 0.15) is 0 Å². The van der Waals surface area contributed by atoms with Crippen LogP contribution in [0.3, 0.4) is 0 Å². The first-order chi connectivity index (χ1) is 11.2. The lowest BCUT2D eigenvalue weighted by Crippen LogP contribution is -2.46. The molecule has 1 aliphatic heterocycles. The lowest BCUT2D eigenvalue weighted by molar-refractivity contribution is 0.255. The van der Waals surface area contributed by atoms with Gasteiger partial charge in [-0.3, -0.25) is 4.90 Å². The van der Waals surface area contributed by atoms with Gasteiger partial charge in [-0.15, -0.1) is 24.8 Å². The van der Waals surface area contributed by atoms with E-state index in [1.54, 1.807) is 0 Å². The molecule has 1 saturated heterocycles. The summed E-state index contributed by atoms with van der Waals surface area (Å²) in [6.45, 7) is 5.54. The van der Waals surface area contributed by atoms with Gasteiger partial charge in [-0.2, -0.15) is 0 Å². The minimum absolute atomic E-state index is 0. The standard InChI is InChI=1S/C19H22Cl2N2.2ClH/c20-17-8-6-16(7-9-17)3-2-10-22-11-13-23(14-12-22)19-5-1-4-18(21)15-19;;/h1,4-9,15H,2-3,10-14H2;2*1H. The number of nitrogens with zero attached hydrogens (tertiary/aromatic N) is 2. The molecule has 1 fully saturated rings. The molecule has 0 bridgehead atoms. The average molecular weight is 422 g/mol. The van der Waals surface area contributed by atoms with E-state index in [1.807, 2.05) is 24.3 Å². The van der Waals surface area contributed by atoms with Gasteiger partial charge in [0.2, 0.25) is 0 Å². The lowest BCUT2D eigenvalue weighted by Gasteiger charge is -2.36. The second kappa shape index (κ2) is 11.2. The van der Waals surface area contributed by atoms with Crippen LogP contribution in [0, 0.1) is 0 Å². The Morgan fingerprint density at radius 3 is 2.12 bits per heavy atom. The molecule has 0 unspecified atom stereocenters. The molecule has 0 spiro atoms. The molecule has 25 heavy (non-hydrogen) atoms. The van der Waals surface area contributed by atoms with Crippen LogP contribution in [-0.2, 0) is 6.42 Å². The fourth-order valence-electron chi connectivity index (χ4n) is 3.06. The summed E-state index contributed by atoms with van der Waals surface area (Å²) < 4.78 is 0. The normalized spacial score (nSPS) is 14.6. The maximum Gasteiger partial charge on any atom is 0.0426 e. The van der Waals surface area contributed by atoms with Gasteiger partial charge in [0.05, 0.1) is 0 Å². The average Bonchev–Trinajstić information content (AvgIpc) is 2.57. The third-order valence-corrected chi connectivity index (χ3v) is 4.89. The highest BCUT2D eigenvalue weighted by Crippen LogP contribution is 2.21. The third kappa shape index (κ3) is 6.88. The van der Waals surface area contributed by atoms with Crippen molar-refractivity contribution in [3.05, 3.63) is 64.1 Å². The summed E-state index contributed by atoms with van der Waals surface area (Å²) in [6, 6.07) is 16.3. The molecular weight excluding hydrogens is 398 g/mol. The van der Waals surface area contributed by atoms with Crippen molar-refractivity contribution in [3.63, 3.8) is 0 Å². The highest BCUT2D eigenvalue weighted by Gasteiger charge is 2.16. The van der Waals surface area contributed by atoms with Gasteiger partial charge in [0, 0.05) is 41.9 Å². The fourth-order valence-corrected chi connectivity index (χ4v) is 3.37. The zero-order valence-electron chi connectivity index (χ0n) is 14.0. The number of halogens is 4. The van der Waals surface area contributed by atoms with Gasteiger partial charge >= 0.3 is 0 Å². The smallest absolute Gasteiger partial charge is 0.0426 e. The van der Waals surface area contributed by atoms with Crippen LogP contribution in [0.15, 0.2) is 48.5 Å². The summed E-state index contributed by atoms with van der Waals surface area (Å²) in [5, 5.41) is 1.62. The van der Waals surface area contributed by atoms with E-state index in [4.69, 9.17) is 23.2 Å². The maximum absolute atomic E-state index is 6.08. The van der Waals surface area contributed by atoms with E-state index in [2.05, 4.69) is 34.1 Å². The third-order valence-electron chi connectivity index (χ3n) is 4.40. The molecule has 3 rings (SSSR count). The van der Waals surface area contributed by atoms with Crippen LogP contribution in [0.2, 0.25) is 10.0 Å². The van der Waals surface area contributed by atoms with E-state index < -0.39 is 0 Å². The Labute approximate surface area is 172 Å². The Balaban J connectivity index is 0.00000156. The summed E-state index contributed by atoms with van der Waals surface area (Å²) in [5.74, 6) is 0. The molecule has 0 radical (unpaired) electrons. The van der Waals surface area contributed by atoms with Crippen molar-refractivity contribution in [2.45, 2.75) is 12.8 Å². The van der Waals surface area contributed by atoms with Crippen LogP contribution in [0.1, 0.15) is 12.0 Å². The Kier molecular flexibility index (Phi) is 9.99. The van der Waals surface area contributed by atoms with Gasteiger partial charge in [0.25, 0.3) is 0 Å². The highest BCUT2D eigenvalue weighted by atomic mass is 35.5. The topological polar surface area (TPSA) is 6.48 Å². The van der Waals surface area contributed by atoms with Crippen molar-refractivity contribution in [2.75, 3.05) is 37.6 Å². The predicted octanol–water partition coefficient (Wildman–Crippen LogP) is 5.59. The van der Waals surface area contributed by atoms with Crippen molar-refractivity contribution in [1.29, 1.82) is 0 Å².